The lowest BCUT2D eigenvalue weighted by Gasteiger charge is -2.04. The lowest BCUT2D eigenvalue weighted by atomic mass is 10.3. The fourth-order valence-corrected chi connectivity index (χ4v) is 3.49. The fourth-order valence-electron chi connectivity index (χ4n) is 1.87. The van der Waals surface area contributed by atoms with Gasteiger partial charge in [-0.05, 0) is 31.2 Å². The molecule has 2 aromatic heterocycles. The van der Waals surface area contributed by atoms with Crippen LogP contribution in [-0.4, -0.2) is 4.98 Å². The maximum absolute atomic E-state index is 8.79. The third kappa shape index (κ3) is 2.60. The zero-order valence-corrected chi connectivity index (χ0v) is 11.9. The summed E-state index contributed by atoms with van der Waals surface area (Å²) in [6.45, 7) is 2.77. The lowest BCUT2D eigenvalue weighted by Crippen LogP contribution is -1.96. The van der Waals surface area contributed by atoms with Gasteiger partial charge in [0.2, 0.25) is 0 Å². The Labute approximate surface area is 119 Å². The Morgan fingerprint density at radius 3 is 3.05 bits per heavy atom. The molecule has 19 heavy (non-hydrogen) atoms. The van der Waals surface area contributed by atoms with E-state index in [1.54, 1.807) is 22.7 Å². The number of fused-ring (bicyclic) bond motifs is 1. The maximum Gasteiger partial charge on any atom is 0.100 e. The van der Waals surface area contributed by atoms with Gasteiger partial charge in [0.1, 0.15) is 6.07 Å². The molecule has 0 atom stereocenters. The predicted molar refractivity (Wildman–Crippen MR) is 80.7 cm³/mol. The Balaban J connectivity index is 1.76. The first-order chi connectivity index (χ1) is 9.24. The molecule has 0 saturated heterocycles. The molecule has 0 amide bonds. The second-order valence-electron chi connectivity index (χ2n) is 4.18. The number of nitriles is 1. The molecule has 0 aliphatic rings. The highest BCUT2D eigenvalue weighted by Gasteiger charge is 2.03. The summed E-state index contributed by atoms with van der Waals surface area (Å²) in [6.07, 6.45) is 0. The van der Waals surface area contributed by atoms with Gasteiger partial charge in [-0.1, -0.05) is 0 Å². The first kappa shape index (κ1) is 12.2. The molecule has 5 heteroatoms. The van der Waals surface area contributed by atoms with E-state index in [4.69, 9.17) is 5.26 Å². The minimum atomic E-state index is 0.732. The maximum atomic E-state index is 8.79. The number of anilines is 1. The van der Waals surface area contributed by atoms with Crippen LogP contribution in [0, 0.1) is 18.3 Å². The molecule has 0 radical (unpaired) electrons. The standard InChI is InChI=1S/C14H11N3S2/c1-9-17-13-3-2-11(5-14(13)19-9)16-7-12-4-10(6-15)8-18-12/h2-5,8,16H,7H2,1H3. The van der Waals surface area contributed by atoms with Crippen LogP contribution < -0.4 is 5.32 Å². The van der Waals surface area contributed by atoms with Crippen LogP contribution in [-0.2, 0) is 6.54 Å². The Bertz CT molecular complexity index is 764. The van der Waals surface area contributed by atoms with Crippen LogP contribution in [0.25, 0.3) is 10.2 Å². The smallest absolute Gasteiger partial charge is 0.100 e. The van der Waals surface area contributed by atoms with Crippen LogP contribution in [0.5, 0.6) is 0 Å². The molecular formula is C14H11N3S2. The van der Waals surface area contributed by atoms with Gasteiger partial charge in [0.05, 0.1) is 20.8 Å². The minimum Gasteiger partial charge on any atom is -0.380 e. The van der Waals surface area contributed by atoms with E-state index in [1.165, 1.54) is 4.70 Å². The molecule has 0 aliphatic heterocycles. The quantitative estimate of drug-likeness (QED) is 0.786. The SMILES string of the molecule is Cc1nc2ccc(NCc3cc(C#N)cs3)cc2s1. The largest absolute Gasteiger partial charge is 0.380 e. The van der Waals surface area contributed by atoms with Crippen LogP contribution >= 0.6 is 22.7 Å². The predicted octanol–water partition coefficient (Wildman–Crippen LogP) is 4.15. The Morgan fingerprint density at radius 1 is 1.37 bits per heavy atom. The summed E-state index contributed by atoms with van der Waals surface area (Å²) in [5.74, 6) is 0. The molecule has 3 rings (SSSR count). The number of aryl methyl sites for hydroxylation is 1. The van der Waals surface area contributed by atoms with Gasteiger partial charge in [0.15, 0.2) is 0 Å². The van der Waals surface area contributed by atoms with E-state index in [0.29, 0.717) is 0 Å². The Kier molecular flexibility index (Phi) is 3.20. The molecule has 0 fully saturated rings. The van der Waals surface area contributed by atoms with E-state index < -0.39 is 0 Å². The van der Waals surface area contributed by atoms with Gasteiger partial charge in [-0.2, -0.15) is 5.26 Å². The fraction of sp³-hybridized carbons (Fsp3) is 0.143. The van der Waals surface area contributed by atoms with Crippen molar-refractivity contribution in [3.8, 4) is 6.07 Å². The van der Waals surface area contributed by atoms with Crippen molar-refractivity contribution in [2.24, 2.45) is 0 Å². The number of hydrogen-bond donors (Lipinski definition) is 1. The molecular weight excluding hydrogens is 274 g/mol. The molecule has 3 nitrogen and oxygen atoms in total. The van der Waals surface area contributed by atoms with Crippen molar-refractivity contribution in [3.63, 3.8) is 0 Å². The van der Waals surface area contributed by atoms with Gasteiger partial charge in [0, 0.05) is 22.5 Å². The molecule has 0 aliphatic carbocycles. The van der Waals surface area contributed by atoms with Crippen molar-refractivity contribution in [1.82, 2.24) is 4.98 Å². The minimum absolute atomic E-state index is 0.732. The van der Waals surface area contributed by atoms with Crippen molar-refractivity contribution in [1.29, 1.82) is 5.26 Å². The Hall–Kier alpha value is -1.90. The summed E-state index contributed by atoms with van der Waals surface area (Å²) in [5, 5.41) is 15.1. The van der Waals surface area contributed by atoms with Crippen LogP contribution in [0.1, 0.15) is 15.4 Å². The zero-order valence-electron chi connectivity index (χ0n) is 10.3. The van der Waals surface area contributed by atoms with Crippen molar-refractivity contribution in [2.45, 2.75) is 13.5 Å². The van der Waals surface area contributed by atoms with Gasteiger partial charge in [-0.15, -0.1) is 22.7 Å². The first-order valence-electron chi connectivity index (χ1n) is 5.83. The highest BCUT2D eigenvalue weighted by atomic mass is 32.1. The average Bonchev–Trinajstić information content (AvgIpc) is 3.00. The number of nitrogens with one attached hydrogen (secondary N) is 1. The normalized spacial score (nSPS) is 10.5. The van der Waals surface area contributed by atoms with Crippen molar-refractivity contribution < 1.29 is 0 Å². The molecule has 1 aromatic carbocycles. The lowest BCUT2D eigenvalue weighted by molar-refractivity contribution is 1.19. The van der Waals surface area contributed by atoms with Gasteiger partial charge in [0.25, 0.3) is 0 Å². The van der Waals surface area contributed by atoms with E-state index in [0.717, 1.165) is 33.2 Å². The number of thiazole rings is 1. The number of benzene rings is 1. The summed E-state index contributed by atoms with van der Waals surface area (Å²) < 4.78 is 1.20. The number of aromatic nitrogens is 1. The molecule has 0 saturated carbocycles. The summed E-state index contributed by atoms with van der Waals surface area (Å²) in [5.41, 5.74) is 2.87. The van der Waals surface area contributed by atoms with Crippen molar-refractivity contribution >= 4 is 38.6 Å². The van der Waals surface area contributed by atoms with Gasteiger partial charge in [-0.3, -0.25) is 0 Å². The van der Waals surface area contributed by atoms with Crippen LogP contribution in [0.15, 0.2) is 29.6 Å². The van der Waals surface area contributed by atoms with Gasteiger partial charge >= 0.3 is 0 Å². The number of thiophene rings is 1. The second-order valence-corrected chi connectivity index (χ2v) is 6.41. The molecule has 0 spiro atoms. The number of nitrogens with zero attached hydrogens (tertiary/aromatic N) is 2. The molecule has 1 N–H and O–H groups in total. The zero-order chi connectivity index (χ0) is 13.2. The summed E-state index contributed by atoms with van der Waals surface area (Å²) in [7, 11) is 0. The molecule has 0 bridgehead atoms. The highest BCUT2D eigenvalue weighted by molar-refractivity contribution is 7.18. The van der Waals surface area contributed by atoms with Crippen LogP contribution in [0.4, 0.5) is 5.69 Å². The van der Waals surface area contributed by atoms with Crippen LogP contribution in [0.2, 0.25) is 0 Å². The topological polar surface area (TPSA) is 48.7 Å². The molecule has 94 valence electrons. The third-order valence-electron chi connectivity index (χ3n) is 2.74. The molecule has 2 heterocycles. The monoisotopic (exact) mass is 285 g/mol. The molecule has 0 unspecified atom stereocenters. The van der Waals surface area contributed by atoms with E-state index in [9.17, 15) is 0 Å². The van der Waals surface area contributed by atoms with Gasteiger partial charge < -0.3 is 5.32 Å². The number of hydrogen-bond acceptors (Lipinski definition) is 5. The van der Waals surface area contributed by atoms with Gasteiger partial charge in [-0.25, -0.2) is 4.98 Å². The van der Waals surface area contributed by atoms with E-state index >= 15 is 0 Å². The average molecular weight is 285 g/mol. The van der Waals surface area contributed by atoms with Crippen molar-refractivity contribution in [3.05, 3.63) is 45.1 Å². The van der Waals surface area contributed by atoms with E-state index in [2.05, 4.69) is 22.4 Å². The summed E-state index contributed by atoms with van der Waals surface area (Å²) >= 11 is 3.31. The van der Waals surface area contributed by atoms with Crippen molar-refractivity contribution in [2.75, 3.05) is 5.32 Å². The van der Waals surface area contributed by atoms with Crippen LogP contribution in [0.3, 0.4) is 0 Å². The highest BCUT2D eigenvalue weighted by Crippen LogP contribution is 2.25. The molecule has 3 aromatic rings. The summed E-state index contributed by atoms with van der Waals surface area (Å²) in [4.78, 5) is 5.61. The summed E-state index contributed by atoms with van der Waals surface area (Å²) in [6, 6.07) is 10.3. The first-order valence-corrected chi connectivity index (χ1v) is 7.53. The Morgan fingerprint density at radius 2 is 2.26 bits per heavy atom. The number of rotatable bonds is 3. The van der Waals surface area contributed by atoms with E-state index in [-0.39, 0.29) is 0 Å². The third-order valence-corrected chi connectivity index (χ3v) is 4.62. The second kappa shape index (κ2) is 5.00. The van der Waals surface area contributed by atoms with E-state index in [1.807, 2.05) is 30.5 Å².